The van der Waals surface area contributed by atoms with Crippen LogP contribution in [0.15, 0.2) is 0 Å². The number of nitrogens with one attached hydrogen (secondary N) is 1. The fraction of sp³-hybridized carbons (Fsp3) is 0.750. The summed E-state index contributed by atoms with van der Waals surface area (Å²) in [5.74, 6) is -1.93. The molecule has 0 saturated heterocycles. The van der Waals surface area contributed by atoms with Gasteiger partial charge in [0.2, 0.25) is 0 Å². The predicted molar refractivity (Wildman–Crippen MR) is 65.6 cm³/mol. The van der Waals surface area contributed by atoms with Crippen molar-refractivity contribution in [2.24, 2.45) is 0 Å². The van der Waals surface area contributed by atoms with Crippen molar-refractivity contribution in [2.45, 2.75) is 6.92 Å². The number of carboxylic acid groups (broad SMARTS) is 2. The second-order valence-corrected chi connectivity index (χ2v) is 2.75. The van der Waals surface area contributed by atoms with E-state index in [2.05, 4.69) is 5.32 Å². The Morgan fingerprint density at radius 2 is 1.82 bits per heavy atom. The zero-order valence-corrected chi connectivity index (χ0v) is 8.60. The van der Waals surface area contributed by atoms with Crippen LogP contribution in [0.2, 0.25) is 0 Å². The minimum absolute atomic E-state index is 0. The standard InChI is InChI=1S/C8H16N2O5.2Na.2H/c1-2-15-10(6-8(13)14)4-3-9-5-7(11)12;;;;/h9H,2-6H2,1H3,(H,11,12)(H,13,14);;;;. The van der Waals surface area contributed by atoms with Gasteiger partial charge in [-0.05, 0) is 6.92 Å². The van der Waals surface area contributed by atoms with Gasteiger partial charge in [0.1, 0.15) is 6.54 Å². The summed E-state index contributed by atoms with van der Waals surface area (Å²) in [5, 5.41) is 20.8. The molecule has 0 aliphatic rings. The molecule has 0 aromatic rings. The van der Waals surface area contributed by atoms with Gasteiger partial charge in [-0.2, -0.15) is 5.06 Å². The molecule has 0 aliphatic carbocycles. The van der Waals surface area contributed by atoms with Crippen molar-refractivity contribution in [3.05, 3.63) is 0 Å². The molecule has 0 amide bonds. The van der Waals surface area contributed by atoms with E-state index in [1.54, 1.807) is 6.92 Å². The quantitative estimate of drug-likeness (QED) is 0.246. The van der Waals surface area contributed by atoms with E-state index < -0.39 is 11.9 Å². The molecule has 0 spiro atoms. The van der Waals surface area contributed by atoms with E-state index in [9.17, 15) is 9.59 Å². The first kappa shape index (κ1) is 23.0. The normalized spacial score (nSPS) is 9.29. The van der Waals surface area contributed by atoms with Crippen molar-refractivity contribution in [3.63, 3.8) is 0 Å². The molecule has 0 heterocycles. The van der Waals surface area contributed by atoms with Crippen molar-refractivity contribution in [2.75, 3.05) is 32.8 Å². The predicted octanol–water partition coefficient (Wildman–Crippen LogP) is -2.30. The molecule has 0 fully saturated rings. The van der Waals surface area contributed by atoms with Gasteiger partial charge in [0.25, 0.3) is 0 Å². The van der Waals surface area contributed by atoms with Crippen molar-refractivity contribution in [3.8, 4) is 0 Å². The van der Waals surface area contributed by atoms with E-state index in [0.717, 1.165) is 0 Å². The average Bonchev–Trinajstić information content (AvgIpc) is 2.11. The molecule has 0 bridgehead atoms. The molecular weight excluding hydrogens is 250 g/mol. The monoisotopic (exact) mass is 268 g/mol. The molecule has 17 heavy (non-hydrogen) atoms. The van der Waals surface area contributed by atoms with E-state index in [1.807, 2.05) is 0 Å². The van der Waals surface area contributed by atoms with Crippen LogP contribution in [0.5, 0.6) is 0 Å². The van der Waals surface area contributed by atoms with E-state index in [0.29, 0.717) is 19.7 Å². The second kappa shape index (κ2) is 14.9. The molecule has 3 N–H and O–H groups in total. The van der Waals surface area contributed by atoms with Crippen molar-refractivity contribution in [1.29, 1.82) is 0 Å². The maximum absolute atomic E-state index is 10.4. The van der Waals surface area contributed by atoms with Crippen molar-refractivity contribution < 1.29 is 24.6 Å². The van der Waals surface area contributed by atoms with Crippen LogP contribution in [0.1, 0.15) is 6.92 Å². The van der Waals surface area contributed by atoms with Gasteiger partial charge in [0.05, 0.1) is 13.2 Å². The van der Waals surface area contributed by atoms with Gasteiger partial charge in [0, 0.05) is 13.1 Å². The summed E-state index contributed by atoms with van der Waals surface area (Å²) in [6, 6.07) is 0. The van der Waals surface area contributed by atoms with Crippen LogP contribution >= 0.6 is 0 Å². The van der Waals surface area contributed by atoms with Crippen LogP contribution in [-0.2, 0) is 14.4 Å². The fourth-order valence-corrected chi connectivity index (χ4v) is 0.922. The van der Waals surface area contributed by atoms with Crippen LogP contribution in [0.3, 0.4) is 0 Å². The van der Waals surface area contributed by atoms with Gasteiger partial charge in [0.15, 0.2) is 0 Å². The Kier molecular flexibility index (Phi) is 20.1. The van der Waals surface area contributed by atoms with Crippen molar-refractivity contribution in [1.82, 2.24) is 10.4 Å². The number of carbonyl (C=O) groups is 2. The summed E-state index contributed by atoms with van der Waals surface area (Å²) in [6.07, 6.45) is 0. The summed E-state index contributed by atoms with van der Waals surface area (Å²) < 4.78 is 0. The van der Waals surface area contributed by atoms with E-state index in [-0.39, 0.29) is 72.2 Å². The summed E-state index contributed by atoms with van der Waals surface area (Å²) in [5.41, 5.74) is 0. The van der Waals surface area contributed by atoms with Crippen molar-refractivity contribution >= 4 is 71.1 Å². The van der Waals surface area contributed by atoms with Gasteiger partial charge >= 0.3 is 71.1 Å². The Labute approximate surface area is 144 Å². The summed E-state index contributed by atoms with van der Waals surface area (Å²) in [6.45, 7) is 2.45. The first-order chi connectivity index (χ1) is 7.06. The molecule has 0 radical (unpaired) electrons. The number of hydroxylamine groups is 2. The third-order valence-electron chi connectivity index (χ3n) is 1.44. The molecule has 92 valence electrons. The molecule has 0 aromatic heterocycles. The fourth-order valence-electron chi connectivity index (χ4n) is 0.922. The van der Waals surface area contributed by atoms with Gasteiger partial charge in [-0.15, -0.1) is 0 Å². The maximum atomic E-state index is 10.4. The first-order valence-electron chi connectivity index (χ1n) is 4.58. The van der Waals surface area contributed by atoms with Crippen LogP contribution in [0.4, 0.5) is 0 Å². The molecule has 7 nitrogen and oxygen atoms in total. The van der Waals surface area contributed by atoms with Crippen LogP contribution in [0.25, 0.3) is 0 Å². The number of nitrogens with zero attached hydrogens (tertiary/aromatic N) is 1. The molecule has 0 unspecified atom stereocenters. The van der Waals surface area contributed by atoms with E-state index in [4.69, 9.17) is 15.1 Å². The Hall–Kier alpha value is 0.820. The second-order valence-electron chi connectivity index (χ2n) is 2.75. The topological polar surface area (TPSA) is 99.1 Å². The zero-order chi connectivity index (χ0) is 11.7. The Morgan fingerprint density at radius 1 is 1.24 bits per heavy atom. The Balaban J connectivity index is -0.000000980. The summed E-state index contributed by atoms with van der Waals surface area (Å²) in [4.78, 5) is 25.6. The van der Waals surface area contributed by atoms with Crippen LogP contribution in [-0.4, -0.2) is 119 Å². The molecule has 0 atom stereocenters. The third kappa shape index (κ3) is 16.8. The number of hydrogen-bond donors (Lipinski definition) is 3. The minimum atomic E-state index is -0.985. The SMILES string of the molecule is CCON(CCNCC(=O)O)CC(=O)O.[NaH].[NaH]. The third-order valence-corrected chi connectivity index (χ3v) is 1.44. The van der Waals surface area contributed by atoms with Gasteiger partial charge in [-0.1, -0.05) is 0 Å². The zero-order valence-electron chi connectivity index (χ0n) is 8.60. The average molecular weight is 268 g/mol. The molecule has 0 saturated carbocycles. The number of carboxylic acids is 2. The van der Waals surface area contributed by atoms with Crippen LogP contribution in [0, 0.1) is 0 Å². The van der Waals surface area contributed by atoms with Gasteiger partial charge in [-0.25, -0.2) is 0 Å². The molecule has 0 rings (SSSR count). The van der Waals surface area contributed by atoms with Gasteiger partial charge < -0.3 is 15.5 Å². The number of rotatable bonds is 9. The van der Waals surface area contributed by atoms with E-state index >= 15 is 0 Å². The molecule has 0 aliphatic heterocycles. The van der Waals surface area contributed by atoms with E-state index in [1.165, 1.54) is 5.06 Å². The van der Waals surface area contributed by atoms with Gasteiger partial charge in [-0.3, -0.25) is 14.4 Å². The number of aliphatic carboxylic acids is 2. The summed E-state index contributed by atoms with van der Waals surface area (Å²) in [7, 11) is 0. The molecular formula is C8H18N2Na2O5. The molecule has 0 aromatic carbocycles. The number of hydrogen-bond acceptors (Lipinski definition) is 5. The summed E-state index contributed by atoms with van der Waals surface area (Å²) >= 11 is 0. The molecule has 9 heteroatoms. The first-order valence-corrected chi connectivity index (χ1v) is 4.58. The Morgan fingerprint density at radius 3 is 2.24 bits per heavy atom. The van der Waals surface area contributed by atoms with Crippen LogP contribution < -0.4 is 5.32 Å². The Bertz CT molecular complexity index is 218.